The van der Waals surface area contributed by atoms with Crippen LogP contribution < -0.4 is 0 Å². The number of unbranched alkanes of at least 4 members (excludes halogenated alkanes) is 14. The number of ether oxygens (including phenoxy) is 1. The first-order valence-electron chi connectivity index (χ1n) is 13.0. The van der Waals surface area contributed by atoms with E-state index in [0.717, 1.165) is 51.4 Å². The first kappa shape index (κ1) is 30.7. The van der Waals surface area contributed by atoms with Gasteiger partial charge in [0.05, 0.1) is 6.61 Å². The van der Waals surface area contributed by atoms with Crippen molar-refractivity contribution in [3.63, 3.8) is 0 Å². The fourth-order valence-corrected chi connectivity index (χ4v) is 3.81. The summed E-state index contributed by atoms with van der Waals surface area (Å²) < 4.78 is 4.67. The molecule has 32 heavy (non-hydrogen) atoms. The lowest BCUT2D eigenvalue weighted by atomic mass is 9.93. The Morgan fingerprint density at radius 1 is 0.656 bits per heavy atom. The van der Waals surface area contributed by atoms with E-state index in [9.17, 15) is 19.5 Å². The summed E-state index contributed by atoms with van der Waals surface area (Å²) in [5.41, 5.74) is 0. The molecule has 0 saturated heterocycles. The van der Waals surface area contributed by atoms with Gasteiger partial charge in [-0.15, -0.1) is 0 Å². The number of carbonyl (C=O) groups is 3. The van der Waals surface area contributed by atoms with E-state index in [1.165, 1.54) is 51.4 Å². The van der Waals surface area contributed by atoms with Gasteiger partial charge in [-0.2, -0.15) is 0 Å². The van der Waals surface area contributed by atoms with Gasteiger partial charge in [-0.3, -0.25) is 9.59 Å². The summed E-state index contributed by atoms with van der Waals surface area (Å²) in [4.78, 5) is 36.7. The van der Waals surface area contributed by atoms with Gasteiger partial charge >= 0.3 is 11.9 Å². The molecule has 0 amide bonds. The first-order chi connectivity index (χ1) is 15.5. The monoisotopic (exact) mass is 456 g/mol. The van der Waals surface area contributed by atoms with E-state index < -0.39 is 30.6 Å². The van der Waals surface area contributed by atoms with Crippen LogP contribution in [0.1, 0.15) is 129 Å². The summed E-state index contributed by atoms with van der Waals surface area (Å²) in [6.07, 6.45) is 16.8. The topological polar surface area (TPSA) is 101 Å². The Balaban J connectivity index is 4.35. The lowest BCUT2D eigenvalue weighted by Crippen LogP contribution is -2.34. The Morgan fingerprint density at radius 2 is 1.09 bits per heavy atom. The Hall–Kier alpha value is -1.27. The van der Waals surface area contributed by atoms with Crippen LogP contribution >= 0.6 is 0 Å². The van der Waals surface area contributed by atoms with E-state index in [4.69, 9.17) is 5.11 Å². The molecule has 0 rings (SSSR count). The van der Waals surface area contributed by atoms with Crippen molar-refractivity contribution < 1.29 is 29.3 Å². The molecular weight excluding hydrogens is 408 g/mol. The third-order valence-electron chi connectivity index (χ3n) is 5.94. The molecule has 0 aromatic rings. The molecule has 188 valence electrons. The van der Waals surface area contributed by atoms with Crippen LogP contribution in [0.15, 0.2) is 0 Å². The molecule has 0 aromatic carbocycles. The smallest absolute Gasteiger partial charge is 0.345 e. The number of Topliss-reactive ketones (excluding diaryl/α,β-unsaturated/α-hetero) is 1. The van der Waals surface area contributed by atoms with Crippen LogP contribution in [0.3, 0.4) is 0 Å². The zero-order valence-electron chi connectivity index (χ0n) is 20.6. The van der Waals surface area contributed by atoms with Gasteiger partial charge in [0.2, 0.25) is 0 Å². The fraction of sp³-hybridized carbons (Fsp3) is 0.885. The zero-order valence-corrected chi connectivity index (χ0v) is 20.6. The lowest BCUT2D eigenvalue weighted by Gasteiger charge is -2.15. The molecule has 0 saturated carbocycles. The number of rotatable bonds is 22. The second-order valence-corrected chi connectivity index (χ2v) is 8.95. The van der Waals surface area contributed by atoms with Crippen LogP contribution in [0.2, 0.25) is 0 Å². The average Bonchev–Trinajstić information content (AvgIpc) is 2.78. The van der Waals surface area contributed by atoms with Crippen LogP contribution in [-0.4, -0.2) is 40.6 Å². The van der Waals surface area contributed by atoms with E-state index in [0.29, 0.717) is 12.8 Å². The third kappa shape index (κ3) is 16.4. The summed E-state index contributed by atoms with van der Waals surface area (Å²) in [5, 5.41) is 18.2. The van der Waals surface area contributed by atoms with E-state index in [1.807, 2.05) is 0 Å². The predicted octanol–water partition coefficient (Wildman–Crippen LogP) is 5.66. The Labute approximate surface area is 195 Å². The molecule has 0 aliphatic rings. The van der Waals surface area contributed by atoms with Crippen molar-refractivity contribution in [2.45, 2.75) is 136 Å². The molecule has 0 aliphatic carbocycles. The van der Waals surface area contributed by atoms with Crippen LogP contribution in [0.4, 0.5) is 0 Å². The highest BCUT2D eigenvalue weighted by atomic mass is 16.6. The largest absolute Gasteiger partial charge is 0.393 e. The molecule has 2 N–H and O–H groups in total. The van der Waals surface area contributed by atoms with Gasteiger partial charge in [0.15, 0.2) is 6.10 Å². The van der Waals surface area contributed by atoms with Gasteiger partial charge in [-0.05, 0) is 12.8 Å². The quantitative estimate of drug-likeness (QED) is 0.124. The molecule has 0 spiro atoms. The molecule has 0 aliphatic heterocycles. The van der Waals surface area contributed by atoms with Crippen molar-refractivity contribution in [3.05, 3.63) is 0 Å². The number of aliphatic hydroxyl groups excluding tert-OH is 2. The average molecular weight is 457 g/mol. The minimum absolute atomic E-state index is 0.186. The minimum atomic E-state index is -1.76. The molecule has 0 aromatic heterocycles. The number of ketones is 1. The standard InChI is InChI=1S/C26H48O6/c1-3-5-7-9-11-12-13-14-16-18-20-23(28)22(19-17-15-10-8-6-4-2)25(30)32-26(31)24(29)21-27/h22,24,27,29H,3-21H2,1-2H3. The lowest BCUT2D eigenvalue weighted by molar-refractivity contribution is -0.170. The van der Waals surface area contributed by atoms with Crippen molar-refractivity contribution in [2.75, 3.05) is 6.61 Å². The van der Waals surface area contributed by atoms with E-state index in [2.05, 4.69) is 18.6 Å². The minimum Gasteiger partial charge on any atom is -0.393 e. The molecule has 6 nitrogen and oxygen atoms in total. The molecular formula is C26H48O6. The summed E-state index contributed by atoms with van der Waals surface area (Å²) in [5.74, 6) is -3.24. The van der Waals surface area contributed by atoms with Crippen molar-refractivity contribution in [1.29, 1.82) is 0 Å². The van der Waals surface area contributed by atoms with Gasteiger partial charge in [-0.1, -0.05) is 110 Å². The molecule has 6 heteroatoms. The number of hydrogen-bond acceptors (Lipinski definition) is 6. The van der Waals surface area contributed by atoms with Crippen LogP contribution in [-0.2, 0) is 19.1 Å². The van der Waals surface area contributed by atoms with Gasteiger partial charge < -0.3 is 14.9 Å². The Bertz CT molecular complexity index is 491. The van der Waals surface area contributed by atoms with Gasteiger partial charge in [-0.25, -0.2) is 4.79 Å². The van der Waals surface area contributed by atoms with Crippen molar-refractivity contribution in [3.8, 4) is 0 Å². The van der Waals surface area contributed by atoms with E-state index in [1.54, 1.807) is 0 Å². The fourth-order valence-electron chi connectivity index (χ4n) is 3.81. The van der Waals surface area contributed by atoms with Crippen molar-refractivity contribution >= 4 is 17.7 Å². The summed E-state index contributed by atoms with van der Waals surface area (Å²) in [7, 11) is 0. The Kier molecular flexibility index (Phi) is 20.7. The number of carbonyl (C=O) groups excluding carboxylic acids is 3. The molecule has 0 fully saturated rings. The van der Waals surface area contributed by atoms with Gasteiger partial charge in [0.1, 0.15) is 11.7 Å². The summed E-state index contributed by atoms with van der Waals surface area (Å²) in [6, 6.07) is 0. The number of hydrogen-bond donors (Lipinski definition) is 2. The summed E-state index contributed by atoms with van der Waals surface area (Å²) in [6.45, 7) is 3.55. The number of esters is 2. The van der Waals surface area contributed by atoms with Crippen LogP contribution in [0, 0.1) is 5.92 Å². The maximum atomic E-state index is 12.7. The molecule has 2 unspecified atom stereocenters. The van der Waals surface area contributed by atoms with Crippen molar-refractivity contribution in [2.24, 2.45) is 5.92 Å². The first-order valence-corrected chi connectivity index (χ1v) is 13.0. The van der Waals surface area contributed by atoms with E-state index >= 15 is 0 Å². The highest BCUT2D eigenvalue weighted by Gasteiger charge is 2.30. The van der Waals surface area contributed by atoms with E-state index in [-0.39, 0.29) is 5.78 Å². The normalized spacial score (nSPS) is 13.0. The van der Waals surface area contributed by atoms with Crippen LogP contribution in [0.25, 0.3) is 0 Å². The highest BCUT2D eigenvalue weighted by Crippen LogP contribution is 2.19. The highest BCUT2D eigenvalue weighted by molar-refractivity contribution is 6.02. The SMILES string of the molecule is CCCCCCCCCCCCC(=O)C(CCCCCCCC)C(=O)OC(=O)C(O)CO. The maximum absolute atomic E-state index is 12.7. The Morgan fingerprint density at radius 3 is 1.56 bits per heavy atom. The molecule has 0 bridgehead atoms. The second-order valence-electron chi connectivity index (χ2n) is 8.95. The molecule has 2 atom stereocenters. The molecule has 0 heterocycles. The van der Waals surface area contributed by atoms with Gasteiger partial charge in [0, 0.05) is 6.42 Å². The third-order valence-corrected chi connectivity index (χ3v) is 5.94. The molecule has 0 radical (unpaired) electrons. The second kappa shape index (κ2) is 21.6. The van der Waals surface area contributed by atoms with Crippen molar-refractivity contribution in [1.82, 2.24) is 0 Å². The zero-order chi connectivity index (χ0) is 24.0. The number of aliphatic hydroxyl groups is 2. The van der Waals surface area contributed by atoms with Crippen LogP contribution in [0.5, 0.6) is 0 Å². The van der Waals surface area contributed by atoms with Gasteiger partial charge in [0.25, 0.3) is 0 Å². The summed E-state index contributed by atoms with van der Waals surface area (Å²) >= 11 is 0. The maximum Gasteiger partial charge on any atom is 0.345 e. The predicted molar refractivity (Wildman–Crippen MR) is 127 cm³/mol.